The third-order valence-corrected chi connectivity index (χ3v) is 5.43. The molecule has 0 aliphatic carbocycles. The molecule has 2 aromatic rings. The second kappa shape index (κ2) is 7.83. The molecule has 0 radical (unpaired) electrons. The molecule has 4 heterocycles. The summed E-state index contributed by atoms with van der Waals surface area (Å²) in [5.74, 6) is 0.735. The predicted octanol–water partition coefficient (Wildman–Crippen LogP) is 3.35. The SMILES string of the molecule is CNC.Clc1ccc(-c2cn(C3CN4CCC3CC4)nn2)cc1Cl. The maximum Gasteiger partial charge on any atom is 0.113 e. The highest BCUT2D eigenvalue weighted by Crippen LogP contribution is 2.36. The van der Waals surface area contributed by atoms with Crippen LogP contribution in [0.15, 0.2) is 24.4 Å². The molecule has 0 amide bonds. The minimum atomic E-state index is 0.455. The minimum Gasteiger partial charge on any atom is -0.323 e. The van der Waals surface area contributed by atoms with E-state index in [1.165, 1.54) is 25.9 Å². The maximum atomic E-state index is 6.08. The van der Waals surface area contributed by atoms with E-state index in [4.69, 9.17) is 23.2 Å². The van der Waals surface area contributed by atoms with Crippen LogP contribution in [0, 0.1) is 5.92 Å². The first kappa shape index (κ1) is 17.7. The molecule has 3 aliphatic rings. The Hall–Kier alpha value is -1.14. The molecule has 1 aromatic carbocycles. The molecule has 0 saturated carbocycles. The number of halogens is 2. The number of piperidine rings is 3. The molecule has 3 fully saturated rings. The number of nitrogens with one attached hydrogen (secondary N) is 1. The Kier molecular flexibility index (Phi) is 5.76. The van der Waals surface area contributed by atoms with Crippen LogP contribution in [0.2, 0.25) is 10.0 Å². The van der Waals surface area contributed by atoms with E-state index in [9.17, 15) is 0 Å². The molecular formula is C17H23Cl2N5. The lowest BCUT2D eigenvalue weighted by Crippen LogP contribution is -2.48. The van der Waals surface area contributed by atoms with Gasteiger partial charge in [-0.05, 0) is 58.1 Å². The van der Waals surface area contributed by atoms with Crippen LogP contribution in [0.3, 0.4) is 0 Å². The van der Waals surface area contributed by atoms with Gasteiger partial charge in [-0.25, -0.2) is 4.68 Å². The summed E-state index contributed by atoms with van der Waals surface area (Å²) in [6, 6.07) is 6.02. The lowest BCUT2D eigenvalue weighted by Gasteiger charge is -2.44. The molecule has 1 N–H and O–H groups in total. The van der Waals surface area contributed by atoms with Gasteiger partial charge in [-0.1, -0.05) is 34.5 Å². The van der Waals surface area contributed by atoms with Gasteiger partial charge in [0.1, 0.15) is 5.69 Å². The second-order valence-corrected chi connectivity index (χ2v) is 7.23. The van der Waals surface area contributed by atoms with Gasteiger partial charge in [0.2, 0.25) is 0 Å². The summed E-state index contributed by atoms with van der Waals surface area (Å²) in [7, 11) is 3.75. The van der Waals surface area contributed by atoms with Gasteiger partial charge < -0.3 is 10.2 Å². The summed E-state index contributed by atoms with van der Waals surface area (Å²) >= 11 is 12.0. The fourth-order valence-electron chi connectivity index (χ4n) is 3.46. The highest BCUT2D eigenvalue weighted by Gasteiger charge is 2.35. The zero-order chi connectivity index (χ0) is 17.1. The highest BCUT2D eigenvalue weighted by molar-refractivity contribution is 6.42. The fraction of sp³-hybridized carbons (Fsp3) is 0.529. The summed E-state index contributed by atoms with van der Waals surface area (Å²) in [6.45, 7) is 3.56. The molecule has 1 aromatic heterocycles. The van der Waals surface area contributed by atoms with Crippen molar-refractivity contribution in [1.29, 1.82) is 0 Å². The van der Waals surface area contributed by atoms with E-state index in [1.807, 2.05) is 37.1 Å². The zero-order valence-corrected chi connectivity index (χ0v) is 15.6. The van der Waals surface area contributed by atoms with Gasteiger partial charge in [0, 0.05) is 12.1 Å². The third-order valence-electron chi connectivity index (χ3n) is 4.69. The van der Waals surface area contributed by atoms with Crippen LogP contribution in [0.5, 0.6) is 0 Å². The van der Waals surface area contributed by atoms with Gasteiger partial charge >= 0.3 is 0 Å². The average Bonchev–Trinajstić information content (AvgIpc) is 3.09. The summed E-state index contributed by atoms with van der Waals surface area (Å²) in [5, 5.41) is 12.5. The standard InChI is InChI=1S/C15H16Cl2N4.C2H7N/c16-12-2-1-11(7-13(12)17)14-8-21(19-18-14)15-9-20-5-3-10(15)4-6-20;1-3-2/h1-2,7-8,10,15H,3-6,9H2;3H,1-2H3. The van der Waals surface area contributed by atoms with Gasteiger partial charge in [-0.15, -0.1) is 5.10 Å². The molecule has 0 spiro atoms. The van der Waals surface area contributed by atoms with Crippen molar-refractivity contribution in [3.8, 4) is 11.3 Å². The molecule has 24 heavy (non-hydrogen) atoms. The van der Waals surface area contributed by atoms with E-state index in [0.29, 0.717) is 16.1 Å². The minimum absolute atomic E-state index is 0.455. The van der Waals surface area contributed by atoms with Gasteiger partial charge in [0.05, 0.1) is 22.3 Å². The third kappa shape index (κ3) is 3.75. The summed E-state index contributed by atoms with van der Waals surface area (Å²) in [4.78, 5) is 2.52. The molecule has 5 nitrogen and oxygen atoms in total. The van der Waals surface area contributed by atoms with E-state index in [1.54, 1.807) is 6.07 Å². The number of aromatic nitrogens is 3. The van der Waals surface area contributed by atoms with Crippen LogP contribution in [-0.4, -0.2) is 53.6 Å². The Morgan fingerprint density at radius 1 is 1.12 bits per heavy atom. The Balaban J connectivity index is 0.000000526. The van der Waals surface area contributed by atoms with Crippen LogP contribution in [0.25, 0.3) is 11.3 Å². The molecule has 3 saturated heterocycles. The normalized spacial score (nSPS) is 25.2. The van der Waals surface area contributed by atoms with Crippen LogP contribution in [0.4, 0.5) is 0 Å². The molecular weight excluding hydrogens is 345 g/mol. The molecule has 7 heteroatoms. The zero-order valence-electron chi connectivity index (χ0n) is 14.0. The van der Waals surface area contributed by atoms with E-state index in [0.717, 1.165) is 23.7 Å². The Morgan fingerprint density at radius 2 is 1.83 bits per heavy atom. The monoisotopic (exact) mass is 367 g/mol. The molecule has 1 unspecified atom stereocenters. The Bertz CT molecular complexity index is 679. The first-order chi connectivity index (χ1) is 11.6. The maximum absolute atomic E-state index is 6.08. The average molecular weight is 368 g/mol. The van der Waals surface area contributed by atoms with E-state index >= 15 is 0 Å². The number of fused-ring (bicyclic) bond motifs is 3. The lowest BCUT2D eigenvalue weighted by molar-refractivity contribution is 0.0504. The fourth-order valence-corrected chi connectivity index (χ4v) is 3.76. The van der Waals surface area contributed by atoms with Gasteiger partial charge in [0.15, 0.2) is 0 Å². The van der Waals surface area contributed by atoms with E-state index < -0.39 is 0 Å². The predicted molar refractivity (Wildman–Crippen MR) is 98.7 cm³/mol. The summed E-state index contributed by atoms with van der Waals surface area (Å²) < 4.78 is 2.04. The molecule has 1 atom stereocenters. The molecule has 3 aliphatic heterocycles. The number of rotatable bonds is 2. The quantitative estimate of drug-likeness (QED) is 0.883. The molecule has 5 rings (SSSR count). The van der Waals surface area contributed by atoms with Gasteiger partial charge in [-0.3, -0.25) is 0 Å². The van der Waals surface area contributed by atoms with Crippen LogP contribution in [0.1, 0.15) is 18.9 Å². The van der Waals surface area contributed by atoms with Crippen molar-refractivity contribution < 1.29 is 0 Å². The topological polar surface area (TPSA) is 46.0 Å². The van der Waals surface area contributed by atoms with Crippen LogP contribution >= 0.6 is 23.2 Å². The largest absolute Gasteiger partial charge is 0.323 e. The van der Waals surface area contributed by atoms with Crippen molar-refractivity contribution in [2.24, 2.45) is 5.92 Å². The molecule has 130 valence electrons. The Morgan fingerprint density at radius 3 is 2.42 bits per heavy atom. The van der Waals surface area contributed by atoms with Crippen molar-refractivity contribution in [1.82, 2.24) is 25.2 Å². The molecule has 2 bridgehead atoms. The van der Waals surface area contributed by atoms with Crippen molar-refractivity contribution in [3.63, 3.8) is 0 Å². The summed E-state index contributed by atoms with van der Waals surface area (Å²) in [6.07, 6.45) is 4.57. The number of benzene rings is 1. The smallest absolute Gasteiger partial charge is 0.113 e. The van der Waals surface area contributed by atoms with E-state index in [2.05, 4.69) is 20.5 Å². The van der Waals surface area contributed by atoms with Crippen molar-refractivity contribution in [3.05, 3.63) is 34.4 Å². The van der Waals surface area contributed by atoms with Crippen LogP contribution < -0.4 is 5.32 Å². The number of nitrogens with zero attached hydrogens (tertiary/aromatic N) is 4. The lowest BCUT2D eigenvalue weighted by atomic mass is 9.84. The van der Waals surface area contributed by atoms with Gasteiger partial charge in [-0.2, -0.15) is 0 Å². The van der Waals surface area contributed by atoms with Crippen molar-refractivity contribution >= 4 is 23.2 Å². The number of hydrogen-bond acceptors (Lipinski definition) is 4. The van der Waals surface area contributed by atoms with Crippen molar-refractivity contribution in [2.75, 3.05) is 33.7 Å². The van der Waals surface area contributed by atoms with Crippen molar-refractivity contribution in [2.45, 2.75) is 18.9 Å². The number of hydrogen-bond donors (Lipinski definition) is 1. The second-order valence-electron chi connectivity index (χ2n) is 6.42. The summed E-state index contributed by atoms with van der Waals surface area (Å²) in [5.41, 5.74) is 1.81. The Labute approximate surface area is 152 Å². The van der Waals surface area contributed by atoms with Crippen LogP contribution in [-0.2, 0) is 0 Å². The first-order valence-corrected chi connectivity index (χ1v) is 9.06. The van der Waals surface area contributed by atoms with Gasteiger partial charge in [0.25, 0.3) is 0 Å². The van der Waals surface area contributed by atoms with E-state index in [-0.39, 0.29) is 0 Å². The highest BCUT2D eigenvalue weighted by atomic mass is 35.5. The first-order valence-electron chi connectivity index (χ1n) is 8.30.